The minimum absolute atomic E-state index is 0.298. The van der Waals surface area contributed by atoms with Crippen LogP contribution in [0.3, 0.4) is 0 Å². The van der Waals surface area contributed by atoms with Gasteiger partial charge in [0.05, 0.1) is 10.8 Å². The van der Waals surface area contributed by atoms with Gasteiger partial charge in [-0.3, -0.25) is 9.59 Å². The molecule has 5 heteroatoms. The first-order valence-electron chi connectivity index (χ1n) is 10.9. The van der Waals surface area contributed by atoms with Crippen LogP contribution in [0.2, 0.25) is 0 Å². The summed E-state index contributed by atoms with van der Waals surface area (Å²) in [6, 6.07) is 5.79. The second-order valence-corrected chi connectivity index (χ2v) is 9.40. The first-order valence-corrected chi connectivity index (χ1v) is 10.9. The van der Waals surface area contributed by atoms with E-state index >= 15 is 0 Å². The molecule has 0 heterocycles. The van der Waals surface area contributed by atoms with Crippen LogP contribution in [0.5, 0.6) is 5.75 Å². The highest BCUT2D eigenvalue weighted by Crippen LogP contribution is 2.50. The number of phenols is 1. The molecule has 0 bridgehead atoms. The second kappa shape index (κ2) is 10.1. The molecule has 2 rings (SSSR count). The van der Waals surface area contributed by atoms with E-state index in [4.69, 9.17) is 5.11 Å². The number of aromatic hydroxyl groups is 1. The molecule has 1 aromatic rings. The van der Waals surface area contributed by atoms with E-state index in [9.17, 15) is 19.8 Å². The molecular weight excluding hydrogens is 368 g/mol. The number of carbonyl (C=O) groups is 2. The van der Waals surface area contributed by atoms with Crippen LogP contribution in [0, 0.1) is 10.8 Å². The van der Waals surface area contributed by atoms with E-state index < -0.39 is 22.8 Å². The summed E-state index contributed by atoms with van der Waals surface area (Å²) in [4.78, 5) is 22.3. The predicted molar refractivity (Wildman–Crippen MR) is 113 cm³/mol. The Balaban J connectivity index is 1.68. The van der Waals surface area contributed by atoms with Crippen molar-refractivity contribution in [2.75, 3.05) is 0 Å². The molecule has 1 aliphatic rings. The smallest absolute Gasteiger partial charge is 0.309 e. The molecule has 1 saturated carbocycles. The van der Waals surface area contributed by atoms with Crippen LogP contribution in [0.1, 0.15) is 89.2 Å². The maximum Gasteiger partial charge on any atom is 0.309 e. The lowest BCUT2D eigenvalue weighted by Crippen LogP contribution is -2.23. The van der Waals surface area contributed by atoms with Gasteiger partial charge < -0.3 is 15.3 Å². The Labute approximate surface area is 174 Å². The molecule has 0 spiro atoms. The third kappa shape index (κ3) is 7.37. The van der Waals surface area contributed by atoms with E-state index in [-0.39, 0.29) is 0 Å². The van der Waals surface area contributed by atoms with Crippen molar-refractivity contribution in [3.63, 3.8) is 0 Å². The van der Waals surface area contributed by atoms with Gasteiger partial charge in [0.25, 0.3) is 0 Å². The van der Waals surface area contributed by atoms with E-state index in [2.05, 4.69) is 6.07 Å². The van der Waals surface area contributed by atoms with Crippen LogP contribution in [0.4, 0.5) is 0 Å². The highest BCUT2D eigenvalue weighted by Gasteiger charge is 2.49. The van der Waals surface area contributed by atoms with Gasteiger partial charge in [0.1, 0.15) is 5.75 Å². The molecule has 0 unspecified atom stereocenters. The van der Waals surface area contributed by atoms with E-state index in [0.717, 1.165) is 81.8 Å². The first-order chi connectivity index (χ1) is 13.6. The van der Waals surface area contributed by atoms with Gasteiger partial charge in [0, 0.05) is 0 Å². The van der Waals surface area contributed by atoms with E-state index in [1.54, 1.807) is 13.8 Å². The zero-order valence-corrected chi connectivity index (χ0v) is 17.9. The van der Waals surface area contributed by atoms with Crippen molar-refractivity contribution >= 4 is 11.9 Å². The summed E-state index contributed by atoms with van der Waals surface area (Å²) in [5, 5.41) is 28.4. The van der Waals surface area contributed by atoms with Gasteiger partial charge in [0.15, 0.2) is 0 Å². The molecular formula is C24H36O5. The molecule has 162 valence electrons. The first kappa shape index (κ1) is 23.2. The highest BCUT2D eigenvalue weighted by atomic mass is 16.4. The van der Waals surface area contributed by atoms with Crippen molar-refractivity contribution < 1.29 is 24.9 Å². The number of phenolic OH excluding ortho intramolecular Hbond substituents is 1. The Bertz CT molecular complexity index is 659. The zero-order chi connectivity index (χ0) is 21.5. The molecule has 1 fully saturated rings. The van der Waals surface area contributed by atoms with Gasteiger partial charge >= 0.3 is 11.9 Å². The normalized spacial score (nSPS) is 15.2. The average Bonchev–Trinajstić information content (AvgIpc) is 3.42. The molecule has 0 atom stereocenters. The van der Waals surface area contributed by atoms with Crippen LogP contribution in [-0.4, -0.2) is 27.3 Å². The SMILES string of the molecule is CC(C)(CCCCCc1cc(O)cc(CCCCCC2(C(=O)O)CC2)c1)C(=O)O. The van der Waals surface area contributed by atoms with Gasteiger partial charge in [-0.25, -0.2) is 0 Å². The fraction of sp³-hybridized carbons (Fsp3) is 0.667. The number of carboxylic acid groups (broad SMARTS) is 2. The lowest BCUT2D eigenvalue weighted by atomic mass is 9.87. The van der Waals surface area contributed by atoms with Crippen LogP contribution in [-0.2, 0) is 22.4 Å². The standard InChI is InChI=1S/C24H36O5/c1-23(2,21(26)27)11-7-3-5-9-18-15-19(17-20(25)16-18)10-6-4-8-12-24(13-14-24)22(28)29/h15-17,25H,3-14H2,1-2H3,(H,26,27)(H,28,29). The van der Waals surface area contributed by atoms with Gasteiger partial charge in [-0.15, -0.1) is 0 Å². The molecule has 0 saturated heterocycles. The van der Waals surface area contributed by atoms with Gasteiger partial charge in [-0.05, 0) is 88.5 Å². The van der Waals surface area contributed by atoms with Gasteiger partial charge in [0.2, 0.25) is 0 Å². The van der Waals surface area contributed by atoms with Crippen LogP contribution < -0.4 is 0 Å². The van der Waals surface area contributed by atoms with Crippen LogP contribution >= 0.6 is 0 Å². The maximum absolute atomic E-state index is 11.2. The van der Waals surface area contributed by atoms with Crippen molar-refractivity contribution in [3.05, 3.63) is 29.3 Å². The summed E-state index contributed by atoms with van der Waals surface area (Å²) in [5.41, 5.74) is 1.17. The fourth-order valence-electron chi connectivity index (χ4n) is 3.90. The zero-order valence-electron chi connectivity index (χ0n) is 17.9. The molecule has 0 aliphatic heterocycles. The predicted octanol–water partition coefficient (Wildman–Crippen LogP) is 5.57. The molecule has 29 heavy (non-hydrogen) atoms. The van der Waals surface area contributed by atoms with Crippen molar-refractivity contribution in [1.29, 1.82) is 0 Å². The Morgan fingerprint density at radius 1 is 0.897 bits per heavy atom. The summed E-state index contributed by atoms with van der Waals surface area (Å²) in [7, 11) is 0. The highest BCUT2D eigenvalue weighted by molar-refractivity contribution is 5.77. The summed E-state index contributed by atoms with van der Waals surface area (Å²) in [6.45, 7) is 3.53. The average molecular weight is 405 g/mol. The van der Waals surface area contributed by atoms with Gasteiger partial charge in [-0.2, -0.15) is 0 Å². The number of hydrogen-bond donors (Lipinski definition) is 3. The summed E-state index contributed by atoms with van der Waals surface area (Å²) >= 11 is 0. The Kier molecular flexibility index (Phi) is 8.12. The van der Waals surface area contributed by atoms with E-state index in [0.29, 0.717) is 12.2 Å². The van der Waals surface area contributed by atoms with Crippen LogP contribution in [0.15, 0.2) is 18.2 Å². The Morgan fingerprint density at radius 3 is 1.93 bits per heavy atom. The summed E-state index contributed by atoms with van der Waals surface area (Å²) in [6.07, 6.45) is 10.7. The Morgan fingerprint density at radius 2 is 1.45 bits per heavy atom. The quantitative estimate of drug-likeness (QED) is 0.352. The third-order valence-electron chi connectivity index (χ3n) is 6.31. The van der Waals surface area contributed by atoms with Crippen molar-refractivity contribution in [1.82, 2.24) is 0 Å². The molecule has 0 aromatic heterocycles. The number of aryl methyl sites for hydroxylation is 2. The van der Waals surface area contributed by atoms with Crippen molar-refractivity contribution in [2.45, 2.75) is 90.9 Å². The number of hydrogen-bond acceptors (Lipinski definition) is 3. The monoisotopic (exact) mass is 404 g/mol. The molecule has 1 aliphatic carbocycles. The summed E-state index contributed by atoms with van der Waals surface area (Å²) in [5.74, 6) is -1.08. The number of aliphatic carboxylic acids is 2. The number of carboxylic acids is 2. The molecule has 5 nitrogen and oxygen atoms in total. The minimum atomic E-state index is -0.745. The summed E-state index contributed by atoms with van der Waals surface area (Å²) < 4.78 is 0. The number of unbranched alkanes of at least 4 members (excludes halogenated alkanes) is 4. The molecule has 3 N–H and O–H groups in total. The fourth-order valence-corrected chi connectivity index (χ4v) is 3.90. The third-order valence-corrected chi connectivity index (χ3v) is 6.31. The van der Waals surface area contributed by atoms with Crippen molar-refractivity contribution in [2.24, 2.45) is 10.8 Å². The van der Waals surface area contributed by atoms with E-state index in [1.807, 2.05) is 12.1 Å². The Hall–Kier alpha value is -2.04. The molecule has 0 radical (unpaired) electrons. The second-order valence-electron chi connectivity index (χ2n) is 9.40. The number of rotatable bonds is 14. The minimum Gasteiger partial charge on any atom is -0.508 e. The van der Waals surface area contributed by atoms with E-state index in [1.165, 1.54) is 0 Å². The largest absolute Gasteiger partial charge is 0.508 e. The topological polar surface area (TPSA) is 94.8 Å². The molecule has 1 aromatic carbocycles. The van der Waals surface area contributed by atoms with Gasteiger partial charge in [-0.1, -0.05) is 31.7 Å². The lowest BCUT2D eigenvalue weighted by molar-refractivity contribution is -0.147. The number of benzene rings is 1. The lowest BCUT2D eigenvalue weighted by Gasteiger charge is -2.18. The van der Waals surface area contributed by atoms with Crippen molar-refractivity contribution in [3.8, 4) is 5.75 Å². The van der Waals surface area contributed by atoms with Crippen LogP contribution in [0.25, 0.3) is 0 Å². The molecule has 0 amide bonds. The maximum atomic E-state index is 11.2.